The Kier molecular flexibility index (Phi) is 4.98. The zero-order chi connectivity index (χ0) is 16.8. The first kappa shape index (κ1) is 15.9. The van der Waals surface area contributed by atoms with E-state index in [-0.39, 0.29) is 5.82 Å². The Morgan fingerprint density at radius 1 is 1.21 bits per heavy atom. The van der Waals surface area contributed by atoms with Gasteiger partial charge in [0.05, 0.1) is 18.1 Å². The molecule has 0 amide bonds. The second-order valence-corrected chi connectivity index (χ2v) is 5.19. The van der Waals surface area contributed by atoms with Crippen LogP contribution in [0, 0.1) is 5.82 Å². The van der Waals surface area contributed by atoms with Gasteiger partial charge in [-0.2, -0.15) is 5.10 Å². The normalized spacial score (nSPS) is 11.1. The van der Waals surface area contributed by atoms with Crippen LogP contribution in [-0.2, 0) is 6.54 Å². The Morgan fingerprint density at radius 3 is 2.71 bits per heavy atom. The predicted octanol–water partition coefficient (Wildman–Crippen LogP) is 3.65. The number of nitrogens with one attached hydrogen (secondary N) is 2. The number of nitrogens with zero attached hydrogens (tertiary/aromatic N) is 2. The van der Waals surface area contributed by atoms with Gasteiger partial charge in [0.2, 0.25) is 0 Å². The van der Waals surface area contributed by atoms with E-state index >= 15 is 0 Å². The van der Waals surface area contributed by atoms with Crippen molar-refractivity contribution in [2.75, 3.05) is 12.5 Å². The highest BCUT2D eigenvalue weighted by molar-refractivity contribution is 5.80. The minimum atomic E-state index is -0.246. The third-order valence-electron chi connectivity index (χ3n) is 3.45. The van der Waals surface area contributed by atoms with Crippen LogP contribution in [0.1, 0.15) is 11.1 Å². The minimum absolute atomic E-state index is 0.246. The van der Waals surface area contributed by atoms with Crippen LogP contribution >= 0.6 is 0 Å². The quantitative estimate of drug-likeness (QED) is 0.537. The molecule has 122 valence electrons. The fourth-order valence-corrected chi connectivity index (χ4v) is 2.23. The summed E-state index contributed by atoms with van der Waals surface area (Å²) >= 11 is 0. The van der Waals surface area contributed by atoms with Crippen LogP contribution < -0.4 is 10.7 Å². The zero-order valence-electron chi connectivity index (χ0n) is 13.2. The molecular formula is C18H17FN4O. The van der Waals surface area contributed by atoms with Crippen molar-refractivity contribution >= 4 is 11.9 Å². The lowest BCUT2D eigenvalue weighted by Crippen LogP contribution is -2.07. The molecule has 0 spiro atoms. The van der Waals surface area contributed by atoms with E-state index in [1.807, 2.05) is 30.3 Å². The van der Waals surface area contributed by atoms with E-state index in [1.165, 1.54) is 12.5 Å². The fraction of sp³-hybridized carbons (Fsp3) is 0.111. The van der Waals surface area contributed by atoms with Crippen molar-refractivity contribution in [2.45, 2.75) is 6.54 Å². The minimum Gasteiger partial charge on any atom is -0.444 e. The van der Waals surface area contributed by atoms with Gasteiger partial charge in [0.15, 0.2) is 12.2 Å². The molecular weight excluding hydrogens is 307 g/mol. The summed E-state index contributed by atoms with van der Waals surface area (Å²) in [4.78, 5) is 3.89. The molecule has 2 N–H and O–H groups in total. The number of hydrogen-bond donors (Lipinski definition) is 2. The first-order valence-corrected chi connectivity index (χ1v) is 7.47. The largest absolute Gasteiger partial charge is 0.444 e. The molecule has 0 saturated carbocycles. The highest BCUT2D eigenvalue weighted by Gasteiger charge is 2.02. The van der Waals surface area contributed by atoms with Crippen molar-refractivity contribution in [3.05, 3.63) is 72.0 Å². The van der Waals surface area contributed by atoms with Crippen molar-refractivity contribution in [3.8, 4) is 11.3 Å². The molecule has 0 saturated heterocycles. The molecule has 0 aliphatic heterocycles. The lowest BCUT2D eigenvalue weighted by Gasteiger charge is -2.03. The molecule has 0 aliphatic carbocycles. The molecule has 3 rings (SSSR count). The highest BCUT2D eigenvalue weighted by atomic mass is 19.1. The Labute approximate surface area is 139 Å². The van der Waals surface area contributed by atoms with Gasteiger partial charge in [0.25, 0.3) is 0 Å². The lowest BCUT2D eigenvalue weighted by molar-refractivity contribution is 0.572. The van der Waals surface area contributed by atoms with E-state index < -0.39 is 0 Å². The van der Waals surface area contributed by atoms with Crippen LogP contribution in [-0.4, -0.2) is 18.2 Å². The molecule has 0 fully saturated rings. The molecule has 0 radical (unpaired) electrons. The van der Waals surface area contributed by atoms with Crippen LogP contribution in [0.4, 0.5) is 10.1 Å². The maximum Gasteiger partial charge on any atom is 0.181 e. The van der Waals surface area contributed by atoms with E-state index in [2.05, 4.69) is 20.8 Å². The molecule has 6 heteroatoms. The van der Waals surface area contributed by atoms with Gasteiger partial charge in [-0.15, -0.1) is 0 Å². The summed E-state index contributed by atoms with van der Waals surface area (Å²) in [5.41, 5.74) is 5.99. The van der Waals surface area contributed by atoms with E-state index in [9.17, 15) is 4.39 Å². The van der Waals surface area contributed by atoms with E-state index in [0.29, 0.717) is 23.4 Å². The third-order valence-corrected chi connectivity index (χ3v) is 3.45. The van der Waals surface area contributed by atoms with Crippen molar-refractivity contribution in [3.63, 3.8) is 0 Å². The first-order valence-electron chi connectivity index (χ1n) is 7.47. The molecule has 3 aromatic rings. The number of rotatable bonds is 6. The van der Waals surface area contributed by atoms with Gasteiger partial charge >= 0.3 is 0 Å². The summed E-state index contributed by atoms with van der Waals surface area (Å²) in [6.07, 6.45) is 4.64. The summed E-state index contributed by atoms with van der Waals surface area (Å²) in [5, 5.41) is 7.05. The second kappa shape index (κ2) is 7.52. The van der Waals surface area contributed by atoms with Crippen molar-refractivity contribution in [1.29, 1.82) is 0 Å². The summed E-state index contributed by atoms with van der Waals surface area (Å²) in [6.45, 7) is 0.499. The second-order valence-electron chi connectivity index (χ2n) is 5.19. The number of hydrogen-bond acceptors (Lipinski definition) is 5. The maximum atomic E-state index is 13.8. The number of oxazole rings is 1. The summed E-state index contributed by atoms with van der Waals surface area (Å²) in [6, 6.07) is 12.6. The molecule has 5 nitrogen and oxygen atoms in total. The third kappa shape index (κ3) is 3.85. The van der Waals surface area contributed by atoms with Crippen LogP contribution in [0.2, 0.25) is 0 Å². The maximum absolute atomic E-state index is 13.8. The van der Waals surface area contributed by atoms with E-state index in [1.54, 1.807) is 25.5 Å². The summed E-state index contributed by atoms with van der Waals surface area (Å²) < 4.78 is 19.1. The average Bonchev–Trinajstić information content (AvgIpc) is 3.13. The molecule has 0 aliphatic rings. The molecule has 24 heavy (non-hydrogen) atoms. The van der Waals surface area contributed by atoms with Gasteiger partial charge in [-0.25, -0.2) is 9.37 Å². The van der Waals surface area contributed by atoms with Crippen molar-refractivity contribution < 1.29 is 8.81 Å². The van der Waals surface area contributed by atoms with Crippen molar-refractivity contribution in [1.82, 2.24) is 10.3 Å². The van der Waals surface area contributed by atoms with Crippen LogP contribution in [0.3, 0.4) is 0 Å². The molecule has 1 heterocycles. The van der Waals surface area contributed by atoms with Crippen LogP contribution in [0.25, 0.3) is 11.3 Å². The average molecular weight is 324 g/mol. The topological polar surface area (TPSA) is 62.5 Å². The van der Waals surface area contributed by atoms with Crippen molar-refractivity contribution in [2.24, 2.45) is 5.10 Å². The number of aromatic nitrogens is 1. The Morgan fingerprint density at radius 2 is 2.04 bits per heavy atom. The zero-order valence-corrected chi connectivity index (χ0v) is 13.2. The molecule has 0 atom stereocenters. The molecule has 0 unspecified atom stereocenters. The number of halogens is 1. The Balaban J connectivity index is 1.63. The fourth-order valence-electron chi connectivity index (χ4n) is 2.23. The lowest BCUT2D eigenvalue weighted by atomic mass is 10.1. The summed E-state index contributed by atoms with van der Waals surface area (Å²) in [5.74, 6) is 0.465. The highest BCUT2D eigenvalue weighted by Crippen LogP contribution is 2.20. The van der Waals surface area contributed by atoms with Crippen LogP contribution in [0.5, 0.6) is 0 Å². The predicted molar refractivity (Wildman–Crippen MR) is 92.3 cm³/mol. The number of anilines is 1. The molecule has 0 bridgehead atoms. The Bertz CT molecular complexity index is 814. The van der Waals surface area contributed by atoms with E-state index in [0.717, 1.165) is 11.3 Å². The smallest absolute Gasteiger partial charge is 0.181 e. The Hall–Kier alpha value is -2.99. The van der Waals surface area contributed by atoms with Crippen LogP contribution in [0.15, 0.2) is 64.6 Å². The number of hydrazone groups is 1. The van der Waals surface area contributed by atoms with Gasteiger partial charge in [-0.1, -0.05) is 12.1 Å². The molecule has 2 aromatic carbocycles. The first-order chi connectivity index (χ1) is 11.8. The van der Waals surface area contributed by atoms with Gasteiger partial charge in [-0.3, -0.25) is 5.43 Å². The monoisotopic (exact) mass is 324 g/mol. The van der Waals surface area contributed by atoms with Gasteiger partial charge in [-0.05, 0) is 42.9 Å². The van der Waals surface area contributed by atoms with E-state index in [4.69, 9.17) is 4.42 Å². The molecule has 1 aromatic heterocycles. The summed E-state index contributed by atoms with van der Waals surface area (Å²) in [7, 11) is 1.78. The van der Waals surface area contributed by atoms with Gasteiger partial charge < -0.3 is 9.73 Å². The number of benzene rings is 2. The van der Waals surface area contributed by atoms with Gasteiger partial charge in [0.1, 0.15) is 5.82 Å². The SMILES string of the molecule is CNCc1ccc(/C=N/Nc2ccc(-c3cnco3)cc2)cc1F. The van der Waals surface area contributed by atoms with Gasteiger partial charge in [0, 0.05) is 17.7 Å². The standard InChI is InChI=1S/C18H17FN4O/c1-20-10-15-3-2-13(8-17(15)19)9-22-23-16-6-4-14(5-7-16)18-11-21-12-24-18/h2-9,11-12,20,23H,10H2,1H3/b22-9+.